The predicted octanol–water partition coefficient (Wildman–Crippen LogP) is 2.25. The Bertz CT molecular complexity index is 1340. The van der Waals surface area contributed by atoms with E-state index < -0.39 is 24.5 Å². The topological polar surface area (TPSA) is 151 Å². The van der Waals surface area contributed by atoms with Crippen LogP contribution in [-0.4, -0.2) is 82.0 Å². The summed E-state index contributed by atoms with van der Waals surface area (Å²) in [6.07, 6.45) is 2.18. The van der Waals surface area contributed by atoms with E-state index in [0.717, 1.165) is 42.7 Å². The Morgan fingerprint density at radius 1 is 1.11 bits per heavy atom. The molecular formula is C26H36N8O3. The zero-order valence-corrected chi connectivity index (χ0v) is 21.8. The summed E-state index contributed by atoms with van der Waals surface area (Å²) in [5.41, 5.74) is 11.4. The lowest BCUT2D eigenvalue weighted by Crippen LogP contribution is -2.43. The third kappa shape index (κ3) is 5.04. The van der Waals surface area contributed by atoms with Crippen LogP contribution in [0.1, 0.15) is 49.9 Å². The van der Waals surface area contributed by atoms with Gasteiger partial charge in [0.1, 0.15) is 36.0 Å². The second-order valence-corrected chi connectivity index (χ2v) is 10.3. The van der Waals surface area contributed by atoms with Gasteiger partial charge in [0.15, 0.2) is 17.7 Å². The first-order chi connectivity index (χ1) is 17.7. The van der Waals surface area contributed by atoms with E-state index >= 15 is 0 Å². The molecule has 0 saturated carbocycles. The van der Waals surface area contributed by atoms with Crippen LogP contribution in [0.25, 0.3) is 22.2 Å². The molecule has 4 atom stereocenters. The number of aliphatic hydroxyl groups excluding tert-OH is 2. The number of imidazole rings is 2. The zero-order valence-electron chi connectivity index (χ0n) is 21.8. The van der Waals surface area contributed by atoms with E-state index in [2.05, 4.69) is 64.7 Å². The first-order valence-corrected chi connectivity index (χ1v) is 12.9. The number of H-pyrrole nitrogens is 1. The van der Waals surface area contributed by atoms with E-state index in [1.54, 1.807) is 4.57 Å². The van der Waals surface area contributed by atoms with Crippen LogP contribution in [0.5, 0.6) is 0 Å². The van der Waals surface area contributed by atoms with Crippen molar-refractivity contribution in [1.82, 2.24) is 34.4 Å². The van der Waals surface area contributed by atoms with Crippen molar-refractivity contribution in [1.29, 1.82) is 0 Å². The van der Waals surface area contributed by atoms with Gasteiger partial charge in [0, 0.05) is 19.0 Å². The average molecular weight is 509 g/mol. The Kier molecular flexibility index (Phi) is 7.13. The maximum Gasteiger partial charge on any atom is 0.167 e. The van der Waals surface area contributed by atoms with E-state index in [4.69, 9.17) is 15.5 Å². The molecule has 0 radical (unpaired) electrons. The Balaban J connectivity index is 1.19. The van der Waals surface area contributed by atoms with E-state index in [0.29, 0.717) is 17.7 Å². The van der Waals surface area contributed by atoms with Gasteiger partial charge in [-0.15, -0.1) is 0 Å². The van der Waals surface area contributed by atoms with E-state index in [1.807, 2.05) is 0 Å². The predicted molar refractivity (Wildman–Crippen MR) is 141 cm³/mol. The molecule has 4 heterocycles. The van der Waals surface area contributed by atoms with Crippen molar-refractivity contribution in [3.05, 3.63) is 41.7 Å². The number of nitrogens with two attached hydrogens (primary N) is 1. The second-order valence-electron chi connectivity index (χ2n) is 10.3. The van der Waals surface area contributed by atoms with Crippen LogP contribution in [0.15, 0.2) is 24.8 Å². The maximum absolute atomic E-state index is 10.8. The van der Waals surface area contributed by atoms with Gasteiger partial charge in [0.05, 0.1) is 17.4 Å². The molecule has 11 nitrogen and oxygen atoms in total. The van der Waals surface area contributed by atoms with Gasteiger partial charge < -0.3 is 25.7 Å². The highest BCUT2D eigenvalue weighted by Gasteiger charge is 2.45. The number of aryl methyl sites for hydroxylation is 3. The fourth-order valence-electron chi connectivity index (χ4n) is 5.01. The number of benzene rings is 1. The SMILES string of the molecule is Cc1cc2nc(CCCCN(CC3OC(n4cnc5c(N)ncnc54)C(O)C3O)C(C)C)[nH]c2cc1C. The van der Waals surface area contributed by atoms with Crippen LogP contribution in [0.4, 0.5) is 5.82 Å². The third-order valence-electron chi connectivity index (χ3n) is 7.40. The summed E-state index contributed by atoms with van der Waals surface area (Å²) in [6, 6.07) is 4.55. The minimum Gasteiger partial charge on any atom is -0.387 e. The minimum atomic E-state index is -1.12. The number of rotatable bonds is 9. The fraction of sp³-hybridized carbons (Fsp3) is 0.538. The van der Waals surface area contributed by atoms with E-state index in [1.165, 1.54) is 23.8 Å². The van der Waals surface area contributed by atoms with Crippen LogP contribution in [0.2, 0.25) is 0 Å². The van der Waals surface area contributed by atoms with Crippen molar-refractivity contribution in [2.24, 2.45) is 0 Å². The molecule has 1 saturated heterocycles. The number of nitrogens with zero attached hydrogens (tertiary/aromatic N) is 6. The number of aliphatic hydroxyl groups is 2. The van der Waals surface area contributed by atoms with Gasteiger partial charge in [0.25, 0.3) is 0 Å². The van der Waals surface area contributed by atoms with Crippen LogP contribution < -0.4 is 5.73 Å². The van der Waals surface area contributed by atoms with Crippen LogP contribution >= 0.6 is 0 Å². The van der Waals surface area contributed by atoms with Crippen molar-refractivity contribution in [2.75, 3.05) is 18.8 Å². The molecule has 1 aromatic carbocycles. The number of aromatic nitrogens is 6. The van der Waals surface area contributed by atoms with Crippen LogP contribution in [0, 0.1) is 13.8 Å². The highest BCUT2D eigenvalue weighted by atomic mass is 16.6. The third-order valence-corrected chi connectivity index (χ3v) is 7.40. The van der Waals surface area contributed by atoms with Crippen molar-refractivity contribution >= 4 is 28.0 Å². The van der Waals surface area contributed by atoms with Crippen molar-refractivity contribution in [3.63, 3.8) is 0 Å². The molecule has 0 amide bonds. The van der Waals surface area contributed by atoms with E-state index in [-0.39, 0.29) is 11.9 Å². The molecule has 198 valence electrons. The van der Waals surface area contributed by atoms with Crippen molar-refractivity contribution in [3.8, 4) is 0 Å². The lowest BCUT2D eigenvalue weighted by atomic mass is 10.1. The number of unbranched alkanes of at least 4 members (excludes halogenated alkanes) is 1. The number of ether oxygens (including phenoxy) is 1. The van der Waals surface area contributed by atoms with Gasteiger partial charge >= 0.3 is 0 Å². The summed E-state index contributed by atoms with van der Waals surface area (Å²) in [5, 5.41) is 21.6. The molecule has 0 bridgehead atoms. The molecule has 5 rings (SSSR count). The van der Waals surface area contributed by atoms with Gasteiger partial charge in [-0.25, -0.2) is 19.9 Å². The Morgan fingerprint density at radius 3 is 2.68 bits per heavy atom. The normalized spacial score (nSPS) is 22.3. The highest BCUT2D eigenvalue weighted by Crippen LogP contribution is 2.32. The molecule has 11 heteroatoms. The quantitative estimate of drug-likeness (QED) is 0.250. The molecule has 1 fully saturated rings. The molecule has 3 aromatic heterocycles. The number of nitrogens with one attached hydrogen (secondary N) is 1. The average Bonchev–Trinajstić information content (AvgIpc) is 3.53. The summed E-state index contributed by atoms with van der Waals surface area (Å²) in [6.45, 7) is 9.83. The first-order valence-electron chi connectivity index (χ1n) is 12.9. The minimum absolute atomic E-state index is 0.255. The first kappa shape index (κ1) is 25.5. The standard InChI is InChI=1S/C26H36N8O3/c1-14(2)33(8-6-5-7-20-31-17-9-15(3)16(4)10-18(17)32-20)11-19-22(35)23(36)26(37-19)34-13-30-21-24(27)28-12-29-25(21)34/h9-10,12-14,19,22-23,26,35-36H,5-8,11H2,1-4H3,(H,31,32)(H2,27,28,29). The Morgan fingerprint density at radius 2 is 1.89 bits per heavy atom. The summed E-state index contributed by atoms with van der Waals surface area (Å²) in [7, 11) is 0. The summed E-state index contributed by atoms with van der Waals surface area (Å²) >= 11 is 0. The number of hydrogen-bond donors (Lipinski definition) is 4. The molecule has 4 aromatic rings. The maximum atomic E-state index is 10.8. The lowest BCUT2D eigenvalue weighted by Gasteiger charge is -2.30. The molecule has 0 spiro atoms. The molecule has 1 aliphatic heterocycles. The summed E-state index contributed by atoms with van der Waals surface area (Å²) in [5.74, 6) is 1.26. The fourth-order valence-corrected chi connectivity index (χ4v) is 5.01. The lowest BCUT2D eigenvalue weighted by molar-refractivity contribution is -0.0469. The largest absolute Gasteiger partial charge is 0.387 e. The number of aromatic amines is 1. The molecule has 0 aliphatic carbocycles. The van der Waals surface area contributed by atoms with Crippen molar-refractivity contribution < 1.29 is 14.9 Å². The number of nitrogen functional groups attached to an aromatic ring is 1. The monoisotopic (exact) mass is 508 g/mol. The van der Waals surface area contributed by atoms with Crippen molar-refractivity contribution in [2.45, 2.75) is 77.5 Å². The highest BCUT2D eigenvalue weighted by molar-refractivity contribution is 5.81. The van der Waals surface area contributed by atoms with Crippen LogP contribution in [-0.2, 0) is 11.2 Å². The van der Waals surface area contributed by atoms with Gasteiger partial charge in [-0.3, -0.25) is 9.47 Å². The zero-order chi connectivity index (χ0) is 26.3. The number of fused-ring (bicyclic) bond motifs is 2. The molecular weight excluding hydrogens is 472 g/mol. The van der Waals surface area contributed by atoms with Crippen LogP contribution in [0.3, 0.4) is 0 Å². The number of hydrogen-bond acceptors (Lipinski definition) is 9. The van der Waals surface area contributed by atoms with Gasteiger partial charge in [-0.1, -0.05) is 0 Å². The Hall–Kier alpha value is -3.12. The van der Waals surface area contributed by atoms with Gasteiger partial charge in [-0.05, 0) is 70.3 Å². The Labute approximate surface area is 215 Å². The second kappa shape index (κ2) is 10.3. The smallest absolute Gasteiger partial charge is 0.167 e. The molecule has 4 unspecified atom stereocenters. The number of anilines is 1. The molecule has 37 heavy (non-hydrogen) atoms. The van der Waals surface area contributed by atoms with Gasteiger partial charge in [-0.2, -0.15) is 0 Å². The summed E-state index contributed by atoms with van der Waals surface area (Å²) < 4.78 is 7.76. The molecule has 1 aliphatic rings. The summed E-state index contributed by atoms with van der Waals surface area (Å²) in [4.78, 5) is 22.9. The van der Waals surface area contributed by atoms with E-state index in [9.17, 15) is 10.2 Å². The molecule has 5 N–H and O–H groups in total. The van der Waals surface area contributed by atoms with Gasteiger partial charge in [0.2, 0.25) is 0 Å².